The zero-order chi connectivity index (χ0) is 14.4. The summed E-state index contributed by atoms with van der Waals surface area (Å²) in [6.45, 7) is 1.81. The number of rotatable bonds is 1. The lowest BCUT2D eigenvalue weighted by molar-refractivity contribution is -0.376. The monoisotopic (exact) mass is 284 g/mol. The van der Waals surface area contributed by atoms with E-state index in [1.54, 1.807) is 0 Å². The molecule has 0 amide bonds. The average molecular weight is 284 g/mol. The van der Waals surface area contributed by atoms with E-state index in [1.807, 2.05) is 0 Å². The molecule has 0 spiro atoms. The van der Waals surface area contributed by atoms with Crippen LogP contribution in [-0.4, -0.2) is 46.2 Å². The standard InChI is InChI=1S/C15H24O5/c1-10(16)20-14-8-5-3-2-4-6-11(14)15(18)12(17)7-9-19-13(14)15/h11-13,17-18H,2-9H2,1H3/t11-,12-,13-,14+,15-/m0/s1. The van der Waals surface area contributed by atoms with Gasteiger partial charge in [-0.2, -0.15) is 0 Å². The van der Waals surface area contributed by atoms with Crippen LogP contribution < -0.4 is 0 Å². The molecule has 0 bridgehead atoms. The van der Waals surface area contributed by atoms with E-state index in [0.717, 1.165) is 38.5 Å². The maximum absolute atomic E-state index is 11.5. The smallest absolute Gasteiger partial charge is 0.303 e. The van der Waals surface area contributed by atoms with Crippen molar-refractivity contribution in [2.45, 2.75) is 75.3 Å². The van der Waals surface area contributed by atoms with Crippen molar-refractivity contribution in [2.75, 3.05) is 6.61 Å². The van der Waals surface area contributed by atoms with Gasteiger partial charge < -0.3 is 19.7 Å². The van der Waals surface area contributed by atoms with Crippen molar-refractivity contribution in [3.63, 3.8) is 0 Å². The zero-order valence-electron chi connectivity index (χ0n) is 12.0. The summed E-state index contributed by atoms with van der Waals surface area (Å²) in [5.41, 5.74) is -1.98. The van der Waals surface area contributed by atoms with Crippen LogP contribution in [0.2, 0.25) is 0 Å². The Morgan fingerprint density at radius 3 is 2.75 bits per heavy atom. The summed E-state index contributed by atoms with van der Waals surface area (Å²) in [5.74, 6) is -0.541. The van der Waals surface area contributed by atoms with Gasteiger partial charge in [-0.3, -0.25) is 4.79 Å². The summed E-state index contributed by atoms with van der Waals surface area (Å²) in [6.07, 6.45) is 4.79. The summed E-state index contributed by atoms with van der Waals surface area (Å²) < 4.78 is 11.4. The molecule has 1 aliphatic heterocycles. The van der Waals surface area contributed by atoms with Gasteiger partial charge in [0.2, 0.25) is 0 Å². The second-order valence-electron chi connectivity index (χ2n) is 6.50. The number of aliphatic hydroxyl groups is 2. The molecule has 5 nitrogen and oxygen atoms in total. The van der Waals surface area contributed by atoms with Gasteiger partial charge in [0.05, 0.1) is 6.10 Å². The van der Waals surface area contributed by atoms with E-state index in [1.165, 1.54) is 6.92 Å². The molecule has 0 aromatic heterocycles. The highest BCUT2D eigenvalue weighted by atomic mass is 16.6. The Hall–Kier alpha value is -0.650. The van der Waals surface area contributed by atoms with E-state index in [-0.39, 0.29) is 11.9 Å². The normalized spacial score (nSPS) is 48.0. The summed E-state index contributed by atoms with van der Waals surface area (Å²) in [7, 11) is 0. The van der Waals surface area contributed by atoms with Crippen LogP contribution in [0.15, 0.2) is 0 Å². The van der Waals surface area contributed by atoms with Gasteiger partial charge in [-0.1, -0.05) is 19.3 Å². The summed E-state index contributed by atoms with van der Waals surface area (Å²) in [4.78, 5) is 11.5. The third-order valence-electron chi connectivity index (χ3n) is 5.37. The van der Waals surface area contributed by atoms with Gasteiger partial charge in [-0.05, 0) is 25.7 Å². The largest absolute Gasteiger partial charge is 0.456 e. The number of carbonyl (C=O) groups excluding carboxylic acids is 1. The van der Waals surface area contributed by atoms with E-state index < -0.39 is 23.4 Å². The Kier molecular flexibility index (Phi) is 3.55. The molecule has 5 heteroatoms. The molecule has 2 N–H and O–H groups in total. The average Bonchev–Trinajstić information content (AvgIpc) is 2.36. The van der Waals surface area contributed by atoms with Crippen molar-refractivity contribution >= 4 is 5.97 Å². The fourth-order valence-electron chi connectivity index (χ4n) is 4.59. The maximum Gasteiger partial charge on any atom is 0.303 e. The van der Waals surface area contributed by atoms with Gasteiger partial charge in [0.1, 0.15) is 17.3 Å². The highest BCUT2D eigenvalue weighted by Gasteiger charge is 2.76. The van der Waals surface area contributed by atoms with Crippen LogP contribution in [0.3, 0.4) is 0 Å². The second-order valence-corrected chi connectivity index (χ2v) is 6.50. The Morgan fingerprint density at radius 2 is 2.00 bits per heavy atom. The van der Waals surface area contributed by atoms with E-state index in [9.17, 15) is 15.0 Å². The van der Waals surface area contributed by atoms with Crippen LogP contribution in [0, 0.1) is 5.92 Å². The molecule has 2 saturated carbocycles. The molecular formula is C15H24O5. The number of carbonyl (C=O) groups is 1. The highest BCUT2D eigenvalue weighted by molar-refractivity contribution is 5.67. The third-order valence-corrected chi connectivity index (χ3v) is 5.37. The lowest BCUT2D eigenvalue weighted by atomic mass is 9.49. The van der Waals surface area contributed by atoms with Crippen molar-refractivity contribution in [2.24, 2.45) is 5.92 Å². The van der Waals surface area contributed by atoms with Gasteiger partial charge in [-0.15, -0.1) is 0 Å². The second kappa shape index (κ2) is 4.97. The first-order chi connectivity index (χ1) is 9.52. The first-order valence-corrected chi connectivity index (χ1v) is 7.73. The highest BCUT2D eigenvalue weighted by Crippen LogP contribution is 2.60. The zero-order valence-corrected chi connectivity index (χ0v) is 12.0. The molecule has 3 fully saturated rings. The molecular weight excluding hydrogens is 260 g/mol. The summed E-state index contributed by atoms with van der Waals surface area (Å²) >= 11 is 0. The number of aliphatic hydroxyl groups excluding tert-OH is 1. The number of ether oxygens (including phenoxy) is 2. The molecule has 0 aromatic carbocycles. The fourth-order valence-corrected chi connectivity index (χ4v) is 4.59. The molecule has 1 heterocycles. The Balaban J connectivity index is 1.94. The molecule has 0 radical (unpaired) electrons. The molecule has 0 unspecified atom stereocenters. The first-order valence-electron chi connectivity index (χ1n) is 7.73. The minimum Gasteiger partial charge on any atom is -0.456 e. The lowest BCUT2D eigenvalue weighted by Gasteiger charge is -2.67. The Morgan fingerprint density at radius 1 is 1.25 bits per heavy atom. The molecule has 3 rings (SSSR count). The van der Waals surface area contributed by atoms with Crippen molar-refractivity contribution < 1.29 is 24.5 Å². The van der Waals surface area contributed by atoms with Crippen molar-refractivity contribution in [3.8, 4) is 0 Å². The fraction of sp³-hybridized carbons (Fsp3) is 0.933. The van der Waals surface area contributed by atoms with Gasteiger partial charge in [0.15, 0.2) is 0 Å². The number of hydrogen-bond donors (Lipinski definition) is 2. The molecule has 2 aliphatic carbocycles. The van der Waals surface area contributed by atoms with Gasteiger partial charge in [-0.25, -0.2) is 0 Å². The van der Waals surface area contributed by atoms with E-state index in [2.05, 4.69) is 0 Å². The minimum absolute atomic E-state index is 0.209. The van der Waals surface area contributed by atoms with Crippen LogP contribution in [0.5, 0.6) is 0 Å². The summed E-state index contributed by atoms with van der Waals surface area (Å²) in [5, 5.41) is 21.2. The summed E-state index contributed by atoms with van der Waals surface area (Å²) in [6, 6.07) is 0. The predicted molar refractivity (Wildman–Crippen MR) is 71.0 cm³/mol. The number of esters is 1. The van der Waals surface area contributed by atoms with Crippen LogP contribution in [0.4, 0.5) is 0 Å². The maximum atomic E-state index is 11.5. The lowest BCUT2D eigenvalue weighted by Crippen LogP contribution is -2.84. The third kappa shape index (κ3) is 1.83. The van der Waals surface area contributed by atoms with E-state index in [4.69, 9.17) is 9.47 Å². The van der Waals surface area contributed by atoms with Crippen LogP contribution in [-0.2, 0) is 14.3 Å². The molecule has 5 atom stereocenters. The van der Waals surface area contributed by atoms with E-state index in [0.29, 0.717) is 13.0 Å². The van der Waals surface area contributed by atoms with Crippen molar-refractivity contribution in [3.05, 3.63) is 0 Å². The van der Waals surface area contributed by atoms with Crippen LogP contribution in [0.25, 0.3) is 0 Å². The van der Waals surface area contributed by atoms with Crippen molar-refractivity contribution in [1.82, 2.24) is 0 Å². The Bertz CT molecular complexity index is 398. The van der Waals surface area contributed by atoms with Crippen LogP contribution in [0.1, 0.15) is 51.9 Å². The Labute approximate surface area is 119 Å². The van der Waals surface area contributed by atoms with E-state index >= 15 is 0 Å². The predicted octanol–water partition coefficient (Wildman–Crippen LogP) is 1.15. The van der Waals surface area contributed by atoms with Gasteiger partial charge in [0.25, 0.3) is 0 Å². The molecule has 3 aliphatic rings. The van der Waals surface area contributed by atoms with Crippen molar-refractivity contribution in [1.29, 1.82) is 0 Å². The molecule has 114 valence electrons. The van der Waals surface area contributed by atoms with Crippen LogP contribution >= 0.6 is 0 Å². The number of fused-ring (bicyclic) bond motifs is 4. The van der Waals surface area contributed by atoms with Gasteiger partial charge in [0, 0.05) is 19.4 Å². The molecule has 1 saturated heterocycles. The van der Waals surface area contributed by atoms with Gasteiger partial charge >= 0.3 is 5.97 Å². The SMILES string of the molecule is CC(=O)O[C@]12CCCCCC[C@@H]1[C@]1(O)[C@@H](O)CCO[C@@H]21. The molecule has 20 heavy (non-hydrogen) atoms. The molecule has 0 aromatic rings. The minimum atomic E-state index is -1.25. The first kappa shape index (κ1) is 14.3. The quantitative estimate of drug-likeness (QED) is 0.707. The topological polar surface area (TPSA) is 76.0 Å². The number of hydrogen-bond acceptors (Lipinski definition) is 5.